The number of halogens is 1. The summed E-state index contributed by atoms with van der Waals surface area (Å²) in [4.78, 5) is 18.6. The first-order chi connectivity index (χ1) is 13.7. The molecule has 4 rings (SSSR count). The summed E-state index contributed by atoms with van der Waals surface area (Å²) < 4.78 is 7.37. The van der Waals surface area contributed by atoms with Gasteiger partial charge in [0.2, 0.25) is 0 Å². The van der Waals surface area contributed by atoms with Crippen molar-refractivity contribution in [3.05, 3.63) is 41.2 Å². The summed E-state index contributed by atoms with van der Waals surface area (Å²) in [7, 11) is 0. The van der Waals surface area contributed by atoms with Crippen molar-refractivity contribution in [2.45, 2.75) is 32.5 Å². The molecule has 2 aromatic heterocycles. The van der Waals surface area contributed by atoms with E-state index in [0.29, 0.717) is 34.0 Å². The van der Waals surface area contributed by atoms with Crippen LogP contribution >= 0.6 is 11.6 Å². The molecule has 29 heavy (non-hydrogen) atoms. The van der Waals surface area contributed by atoms with Gasteiger partial charge in [0.25, 0.3) is 5.91 Å². The van der Waals surface area contributed by atoms with Crippen molar-refractivity contribution >= 4 is 34.5 Å². The summed E-state index contributed by atoms with van der Waals surface area (Å²) in [6, 6.07) is 9.18. The van der Waals surface area contributed by atoms with Crippen molar-refractivity contribution in [3.63, 3.8) is 0 Å². The molecule has 1 atom stereocenters. The second kappa shape index (κ2) is 6.72. The maximum atomic E-state index is 13.0. The lowest BCUT2D eigenvalue weighted by Crippen LogP contribution is -2.56. The Hall–Kier alpha value is -3.15. The van der Waals surface area contributed by atoms with Gasteiger partial charge in [-0.25, -0.2) is 9.50 Å². The van der Waals surface area contributed by atoms with E-state index in [1.165, 1.54) is 6.33 Å². The lowest BCUT2D eigenvalue weighted by molar-refractivity contribution is -0.153. The number of rotatable bonds is 2. The van der Waals surface area contributed by atoms with E-state index < -0.39 is 5.60 Å². The lowest BCUT2D eigenvalue weighted by Gasteiger charge is -2.41. The zero-order valence-corrected chi connectivity index (χ0v) is 16.9. The quantitative estimate of drug-likeness (QED) is 0.695. The molecule has 8 nitrogen and oxygen atoms in total. The standard InChI is InChI=1S/C20H19ClN6O2/c1-11-9-26(19(28)20(2,3)29-11)15-6-12(4-5-13(15)8-22)16-7-14(21)17-18(23)24-10-25-27(16)17/h4-7,10-11H,9H2,1-3H3,(H2,23,24,25). The van der Waals surface area contributed by atoms with Crippen LogP contribution in [0.3, 0.4) is 0 Å². The van der Waals surface area contributed by atoms with Crippen LogP contribution < -0.4 is 10.6 Å². The summed E-state index contributed by atoms with van der Waals surface area (Å²) in [6.45, 7) is 5.71. The van der Waals surface area contributed by atoms with Crippen molar-refractivity contribution in [3.8, 4) is 17.3 Å². The number of nitrogens with two attached hydrogens (primary N) is 1. The first-order valence-electron chi connectivity index (χ1n) is 9.05. The normalized spacial score (nSPS) is 18.8. The zero-order chi connectivity index (χ0) is 20.9. The fraction of sp³-hybridized carbons (Fsp3) is 0.300. The minimum Gasteiger partial charge on any atom is -0.382 e. The van der Waals surface area contributed by atoms with E-state index in [1.54, 1.807) is 47.5 Å². The van der Waals surface area contributed by atoms with Crippen molar-refractivity contribution < 1.29 is 9.53 Å². The SMILES string of the molecule is CC1CN(c2cc(-c3cc(Cl)c4c(N)ncnn34)ccc2C#N)C(=O)C(C)(C)O1. The minimum atomic E-state index is -0.979. The predicted molar refractivity (Wildman–Crippen MR) is 110 cm³/mol. The third-order valence-corrected chi connectivity index (χ3v) is 5.22. The molecule has 148 valence electrons. The maximum absolute atomic E-state index is 13.0. The first-order valence-corrected chi connectivity index (χ1v) is 9.42. The van der Waals surface area contributed by atoms with Gasteiger partial charge in [-0.05, 0) is 39.0 Å². The Balaban J connectivity index is 1.89. The number of hydrogen-bond acceptors (Lipinski definition) is 6. The molecular weight excluding hydrogens is 392 g/mol. The van der Waals surface area contributed by atoms with Gasteiger partial charge in [-0.3, -0.25) is 4.79 Å². The summed E-state index contributed by atoms with van der Waals surface area (Å²) in [6.07, 6.45) is 1.18. The van der Waals surface area contributed by atoms with Crippen molar-refractivity contribution in [2.24, 2.45) is 0 Å². The van der Waals surface area contributed by atoms with E-state index in [0.717, 1.165) is 5.56 Å². The molecule has 1 saturated heterocycles. The zero-order valence-electron chi connectivity index (χ0n) is 16.2. The van der Waals surface area contributed by atoms with Crippen molar-refractivity contribution in [1.82, 2.24) is 14.6 Å². The number of carbonyl (C=O) groups excluding carboxylic acids is 1. The van der Waals surface area contributed by atoms with Gasteiger partial charge in [-0.15, -0.1) is 0 Å². The smallest absolute Gasteiger partial charge is 0.258 e. The predicted octanol–water partition coefficient (Wildman–Crippen LogP) is 3.03. The van der Waals surface area contributed by atoms with E-state index >= 15 is 0 Å². The highest BCUT2D eigenvalue weighted by Gasteiger charge is 2.41. The molecule has 0 aliphatic carbocycles. The van der Waals surface area contributed by atoms with Crippen LogP contribution in [0, 0.1) is 11.3 Å². The van der Waals surface area contributed by atoms with Crippen LogP contribution in [-0.2, 0) is 9.53 Å². The molecule has 9 heteroatoms. The number of morpholine rings is 1. The highest BCUT2D eigenvalue weighted by molar-refractivity contribution is 6.35. The fourth-order valence-electron chi connectivity index (χ4n) is 3.70. The van der Waals surface area contributed by atoms with Gasteiger partial charge in [0.1, 0.15) is 23.5 Å². The van der Waals surface area contributed by atoms with Gasteiger partial charge in [-0.1, -0.05) is 17.7 Å². The maximum Gasteiger partial charge on any atom is 0.258 e. The molecule has 1 fully saturated rings. The highest BCUT2D eigenvalue weighted by atomic mass is 35.5. The van der Waals surface area contributed by atoms with Crippen LogP contribution in [-0.4, -0.2) is 38.8 Å². The summed E-state index contributed by atoms with van der Waals surface area (Å²) in [5, 5.41) is 14.3. The molecule has 3 aromatic rings. The third kappa shape index (κ3) is 3.09. The number of anilines is 2. The summed E-state index contributed by atoms with van der Waals surface area (Å²) >= 11 is 6.35. The van der Waals surface area contributed by atoms with E-state index in [9.17, 15) is 10.1 Å². The number of carbonyl (C=O) groups is 1. The van der Waals surface area contributed by atoms with Gasteiger partial charge in [0.05, 0.1) is 34.6 Å². The molecule has 0 spiro atoms. The Kier molecular flexibility index (Phi) is 4.45. The first kappa shape index (κ1) is 19.2. The van der Waals surface area contributed by atoms with Crippen LogP contribution in [0.4, 0.5) is 11.5 Å². The molecule has 3 heterocycles. The Morgan fingerprint density at radius 2 is 2.14 bits per heavy atom. The number of nitrogens with zero attached hydrogens (tertiary/aromatic N) is 5. The molecular formula is C20H19ClN6O2. The molecule has 1 aromatic carbocycles. The Bertz CT molecular complexity index is 1180. The fourth-order valence-corrected chi connectivity index (χ4v) is 3.98. The van der Waals surface area contributed by atoms with Crippen molar-refractivity contribution in [1.29, 1.82) is 5.26 Å². The van der Waals surface area contributed by atoms with E-state index in [2.05, 4.69) is 16.2 Å². The molecule has 1 aliphatic heterocycles. The molecule has 1 unspecified atom stereocenters. The number of aromatic nitrogens is 3. The monoisotopic (exact) mass is 410 g/mol. The van der Waals surface area contributed by atoms with Gasteiger partial charge < -0.3 is 15.4 Å². The molecule has 2 N–H and O–H groups in total. The average molecular weight is 411 g/mol. The van der Waals surface area contributed by atoms with Crippen LogP contribution in [0.2, 0.25) is 5.02 Å². The Labute approximate surface area is 172 Å². The molecule has 0 bridgehead atoms. The minimum absolute atomic E-state index is 0.172. The topological polar surface area (TPSA) is 110 Å². The van der Waals surface area contributed by atoms with Crippen LogP contribution in [0.25, 0.3) is 16.8 Å². The van der Waals surface area contributed by atoms with Crippen molar-refractivity contribution in [2.75, 3.05) is 17.2 Å². The van der Waals surface area contributed by atoms with Crippen LogP contribution in [0.5, 0.6) is 0 Å². The third-order valence-electron chi connectivity index (χ3n) is 4.94. The molecule has 1 aliphatic rings. The lowest BCUT2D eigenvalue weighted by atomic mass is 10.0. The van der Waals surface area contributed by atoms with E-state index in [-0.39, 0.29) is 17.8 Å². The number of benzene rings is 1. The highest BCUT2D eigenvalue weighted by Crippen LogP contribution is 2.35. The second-order valence-corrected chi connectivity index (χ2v) is 7.89. The summed E-state index contributed by atoms with van der Waals surface area (Å²) in [5.41, 5.74) is 7.80. The second-order valence-electron chi connectivity index (χ2n) is 7.48. The van der Waals surface area contributed by atoms with Gasteiger partial charge in [0.15, 0.2) is 5.82 Å². The van der Waals surface area contributed by atoms with Gasteiger partial charge >= 0.3 is 0 Å². The molecule has 1 amide bonds. The Morgan fingerprint density at radius 1 is 1.38 bits per heavy atom. The number of fused-ring (bicyclic) bond motifs is 1. The largest absolute Gasteiger partial charge is 0.382 e. The number of ether oxygens (including phenoxy) is 1. The average Bonchev–Trinajstić information content (AvgIpc) is 3.02. The van der Waals surface area contributed by atoms with E-state index in [1.807, 2.05) is 6.92 Å². The number of nitriles is 1. The number of nitrogen functional groups attached to an aromatic ring is 1. The number of hydrogen-bond donors (Lipinski definition) is 1. The number of amides is 1. The van der Waals surface area contributed by atoms with Crippen LogP contribution in [0.15, 0.2) is 30.6 Å². The Morgan fingerprint density at radius 3 is 2.86 bits per heavy atom. The van der Waals surface area contributed by atoms with Gasteiger partial charge in [0, 0.05) is 5.56 Å². The molecule has 0 radical (unpaired) electrons. The van der Waals surface area contributed by atoms with Gasteiger partial charge in [-0.2, -0.15) is 10.4 Å². The van der Waals surface area contributed by atoms with Crippen LogP contribution in [0.1, 0.15) is 26.3 Å². The summed E-state index contributed by atoms with van der Waals surface area (Å²) in [5.74, 6) is 0.0675. The molecule has 0 saturated carbocycles. The van der Waals surface area contributed by atoms with E-state index in [4.69, 9.17) is 22.1 Å².